The van der Waals surface area contributed by atoms with Crippen LogP contribution in [-0.2, 0) is 65.6 Å². The highest BCUT2D eigenvalue weighted by Gasteiger charge is 2.44. The van der Waals surface area contributed by atoms with Crippen LogP contribution in [-0.4, -0.2) is 214 Å². The Morgan fingerprint density at radius 1 is 0.549 bits per heavy atom. The average molecular weight is 1270 g/mol. The van der Waals surface area contributed by atoms with Crippen molar-refractivity contribution in [3.63, 3.8) is 0 Å². The molecule has 2 aromatic carbocycles. The van der Waals surface area contributed by atoms with E-state index in [1.807, 2.05) is 0 Å². The molecule has 0 aromatic heterocycles. The van der Waals surface area contributed by atoms with Gasteiger partial charge in [0.1, 0.15) is 54.4 Å². The predicted octanol–water partition coefficient (Wildman–Crippen LogP) is -4.48. The number of carboxylic acids is 1. The van der Waals surface area contributed by atoms with Gasteiger partial charge in [0, 0.05) is 45.6 Å². The third-order valence-corrected chi connectivity index (χ3v) is 16.0. The van der Waals surface area contributed by atoms with E-state index in [4.69, 9.17) is 34.4 Å². The molecule has 21 N–H and O–H groups in total. The molecule has 500 valence electrons. The summed E-state index contributed by atoms with van der Waals surface area (Å²) >= 11 is 0. The van der Waals surface area contributed by atoms with E-state index in [1.54, 1.807) is 60.7 Å². The molecule has 2 aromatic rings. The summed E-state index contributed by atoms with van der Waals surface area (Å²) in [4.78, 5) is 164. The molecule has 3 saturated heterocycles. The number of aliphatic hydroxyl groups is 1. The van der Waals surface area contributed by atoms with Crippen molar-refractivity contribution in [3.8, 4) is 0 Å². The Morgan fingerprint density at radius 3 is 1.54 bits per heavy atom. The van der Waals surface area contributed by atoms with Crippen molar-refractivity contribution in [2.24, 2.45) is 44.4 Å². The van der Waals surface area contributed by atoms with Gasteiger partial charge in [-0.05, 0) is 115 Å². The van der Waals surface area contributed by atoms with Gasteiger partial charge in [-0.15, -0.1) is 0 Å². The quantitative estimate of drug-likeness (QED) is 0.0176. The summed E-state index contributed by atoms with van der Waals surface area (Å²) in [7, 11) is 0. The predicted molar refractivity (Wildman–Crippen MR) is 335 cm³/mol. The Hall–Kier alpha value is -8.97. The highest BCUT2D eigenvalue weighted by molar-refractivity contribution is 5.99. The molecule has 31 nitrogen and oxygen atoms in total. The lowest BCUT2D eigenvalue weighted by atomic mass is 10.0. The van der Waals surface area contributed by atoms with Crippen molar-refractivity contribution in [2.75, 3.05) is 45.8 Å². The van der Waals surface area contributed by atoms with Crippen molar-refractivity contribution in [2.45, 2.75) is 177 Å². The molecular formula is C60H92N18O13. The maximum Gasteiger partial charge on any atom is 0.325 e. The second-order valence-electron chi connectivity index (χ2n) is 23.1. The minimum atomic E-state index is -1.67. The number of carboxylic acid groups (broad SMARTS) is 1. The van der Waals surface area contributed by atoms with Crippen LogP contribution < -0.4 is 71.6 Å². The normalized spacial score (nSPS) is 18.7. The van der Waals surface area contributed by atoms with E-state index in [0.717, 1.165) is 0 Å². The van der Waals surface area contributed by atoms with Gasteiger partial charge in [-0.2, -0.15) is 0 Å². The number of aliphatic imine (C=N–C) groups is 2. The molecule has 5 rings (SSSR count). The van der Waals surface area contributed by atoms with E-state index in [9.17, 15) is 63.0 Å². The van der Waals surface area contributed by atoms with E-state index in [-0.39, 0.29) is 96.0 Å². The lowest BCUT2D eigenvalue weighted by molar-refractivity contribution is -0.147. The second kappa shape index (κ2) is 36.6. The van der Waals surface area contributed by atoms with Gasteiger partial charge >= 0.3 is 5.97 Å². The number of benzene rings is 2. The summed E-state index contributed by atoms with van der Waals surface area (Å²) in [6, 6.07) is 4.94. The van der Waals surface area contributed by atoms with Gasteiger partial charge < -0.3 is 96.5 Å². The standard InChI is InChI=1S/C60H92N18O13/c1-35(58(90)91)70-49(81)40(21-9-10-26-61)72-50(82)41(22-12-28-68-60(65)66)73-51(83)43(33-38-18-7-4-8-19-38)74-54(86)45-24-14-30-77(45)57(89)48(36(2)79)75-52(84)42(32-37-16-5-3-6-17-37)71-47(80)34-69-53(85)44-23-13-29-76(44)56(88)46-25-15-31-78(46)55(87)39(62)20-11-27-67-59(63)64/h3-8,16-19,35-36,39-46,48,79H,9-15,20-34,61-62H2,1-2H3,(H,69,85)(H,70,81)(H,71,80)(H,72,82)(H,73,83)(H,74,86)(H,75,84)(H,90,91)(H4,63,64,67)(H4,65,66,68)/t35?,36-,39+,40+,41+,42+,43+,44+,45+,46+,48+/m1/s1. The second-order valence-corrected chi connectivity index (χ2v) is 23.1. The highest BCUT2D eigenvalue weighted by atomic mass is 16.4. The number of nitrogens with zero attached hydrogens (tertiary/aromatic N) is 5. The number of unbranched alkanes of at least 4 members (excludes halogenated alkanes) is 1. The summed E-state index contributed by atoms with van der Waals surface area (Å²) in [6.07, 6.45) is 2.07. The van der Waals surface area contributed by atoms with E-state index >= 15 is 0 Å². The molecule has 1 unspecified atom stereocenters. The van der Waals surface area contributed by atoms with Gasteiger partial charge in [0.15, 0.2) is 11.9 Å². The Balaban J connectivity index is 1.28. The van der Waals surface area contributed by atoms with Gasteiger partial charge in [0.05, 0.1) is 18.7 Å². The molecule has 0 saturated carbocycles. The summed E-state index contributed by atoms with van der Waals surface area (Å²) in [5.74, 6) is -8.81. The van der Waals surface area contributed by atoms with E-state index in [1.165, 1.54) is 28.5 Å². The number of hydrogen-bond acceptors (Lipinski definition) is 16. The van der Waals surface area contributed by atoms with Gasteiger partial charge in [-0.25, -0.2) is 0 Å². The summed E-state index contributed by atoms with van der Waals surface area (Å²) in [5.41, 5.74) is 35.0. The van der Waals surface area contributed by atoms with Gasteiger partial charge in [-0.1, -0.05) is 60.7 Å². The largest absolute Gasteiger partial charge is 0.480 e. The molecule has 0 aliphatic carbocycles. The van der Waals surface area contributed by atoms with Crippen LogP contribution >= 0.6 is 0 Å². The molecule has 0 radical (unpaired) electrons. The number of aliphatic carboxylic acids is 1. The molecule has 3 fully saturated rings. The lowest BCUT2D eigenvalue weighted by Gasteiger charge is -2.32. The van der Waals surface area contributed by atoms with Gasteiger partial charge in [0.25, 0.3) is 0 Å². The Labute approximate surface area is 528 Å². The zero-order valence-corrected chi connectivity index (χ0v) is 51.8. The van der Waals surface area contributed by atoms with E-state index < -0.39 is 138 Å². The number of aliphatic hydroxyl groups excluding tert-OH is 1. The fourth-order valence-corrected chi connectivity index (χ4v) is 11.1. The van der Waals surface area contributed by atoms with Crippen LogP contribution in [0.1, 0.15) is 108 Å². The summed E-state index contributed by atoms with van der Waals surface area (Å²) in [6.45, 7) is 3.05. The van der Waals surface area contributed by atoms with Crippen molar-refractivity contribution >= 4 is 77.0 Å². The minimum absolute atomic E-state index is 0.00322. The summed E-state index contributed by atoms with van der Waals surface area (Å²) < 4.78 is 0. The van der Waals surface area contributed by atoms with Crippen molar-refractivity contribution in [1.29, 1.82) is 0 Å². The molecule has 91 heavy (non-hydrogen) atoms. The van der Waals surface area contributed by atoms with Gasteiger partial charge in [-0.3, -0.25) is 62.7 Å². The van der Waals surface area contributed by atoms with Gasteiger partial charge in [0.2, 0.25) is 59.1 Å². The van der Waals surface area contributed by atoms with Crippen molar-refractivity contribution in [1.82, 2.24) is 51.9 Å². The first-order valence-corrected chi connectivity index (χ1v) is 31.0. The van der Waals surface area contributed by atoms with Crippen LogP contribution in [0.25, 0.3) is 0 Å². The monoisotopic (exact) mass is 1270 g/mol. The molecule has 11 atom stereocenters. The molecule has 3 aliphatic rings. The third-order valence-electron chi connectivity index (χ3n) is 16.0. The number of nitrogens with two attached hydrogens (primary N) is 6. The van der Waals surface area contributed by atoms with Crippen LogP contribution in [0.5, 0.6) is 0 Å². The van der Waals surface area contributed by atoms with E-state index in [2.05, 4.69) is 47.2 Å². The smallest absolute Gasteiger partial charge is 0.325 e. The maximum atomic E-state index is 14.6. The Bertz CT molecular complexity index is 2880. The molecule has 31 heteroatoms. The third kappa shape index (κ3) is 22.8. The fourth-order valence-electron chi connectivity index (χ4n) is 11.1. The first kappa shape index (κ1) is 72.8. The fraction of sp³-hybridized carbons (Fsp3) is 0.583. The van der Waals surface area contributed by atoms with Crippen LogP contribution in [0.15, 0.2) is 70.6 Å². The van der Waals surface area contributed by atoms with Crippen LogP contribution in [0.4, 0.5) is 0 Å². The number of amides is 10. The molecule has 3 heterocycles. The maximum absolute atomic E-state index is 14.6. The minimum Gasteiger partial charge on any atom is -0.480 e. The molecule has 10 amide bonds. The average Bonchev–Trinajstić information content (AvgIpc) is 1.77. The Kier molecular flexibility index (Phi) is 29.3. The van der Waals surface area contributed by atoms with E-state index in [0.29, 0.717) is 62.6 Å². The van der Waals surface area contributed by atoms with Crippen LogP contribution in [0.2, 0.25) is 0 Å². The molecule has 0 bridgehead atoms. The Morgan fingerprint density at radius 2 is 1.01 bits per heavy atom. The highest BCUT2D eigenvalue weighted by Crippen LogP contribution is 2.26. The lowest BCUT2D eigenvalue weighted by Crippen LogP contribution is -2.61. The summed E-state index contributed by atoms with van der Waals surface area (Å²) in [5, 5.41) is 38.9. The number of carbonyl (C=O) groups excluding carboxylic acids is 10. The zero-order chi connectivity index (χ0) is 66.7. The molecular weight excluding hydrogens is 1180 g/mol. The number of likely N-dealkylation sites (tertiary alicyclic amines) is 3. The number of guanidine groups is 2. The SMILES string of the molecule is CC(NC(=O)[C@H](CCCCN)NC(=O)[C@H](CCCN=C(N)N)NC(=O)[C@H](Cc1ccccc1)NC(=O)[C@@H]1CCCN1C(=O)[C@@H](NC(=O)[C@H](Cc1ccccc1)NC(=O)CNC(=O)[C@@H]1CCCN1C(=O)[C@@H]1CCCN1C(=O)[C@@H](N)CCCN=C(N)N)[C@@H](C)O)C(=O)O. The molecule has 0 spiro atoms. The van der Waals surface area contributed by atoms with Crippen molar-refractivity contribution < 1.29 is 63.0 Å². The molecule has 3 aliphatic heterocycles. The number of hydrogen-bond donors (Lipinski definition) is 15. The van der Waals surface area contributed by atoms with Crippen LogP contribution in [0, 0.1) is 0 Å². The number of rotatable bonds is 35. The zero-order valence-electron chi connectivity index (χ0n) is 51.8. The first-order valence-electron chi connectivity index (χ1n) is 31.0. The number of nitrogens with one attached hydrogen (secondary N) is 7. The first-order chi connectivity index (χ1) is 43.4. The topological polar surface area (TPSA) is 503 Å². The van der Waals surface area contributed by atoms with Crippen LogP contribution in [0.3, 0.4) is 0 Å². The van der Waals surface area contributed by atoms with Crippen molar-refractivity contribution in [3.05, 3.63) is 71.8 Å². The number of carbonyl (C=O) groups is 11.